The van der Waals surface area contributed by atoms with Gasteiger partial charge in [-0.25, -0.2) is 0 Å². The van der Waals surface area contributed by atoms with Gasteiger partial charge in [-0.3, -0.25) is 4.72 Å². The number of hydrogen-bond acceptors (Lipinski definition) is 4. The van der Waals surface area contributed by atoms with Crippen molar-refractivity contribution >= 4 is 27.5 Å². The van der Waals surface area contributed by atoms with E-state index in [1.165, 1.54) is 22.5 Å². The average Bonchev–Trinajstić information content (AvgIpc) is 2.39. The summed E-state index contributed by atoms with van der Waals surface area (Å²) in [6, 6.07) is 6.34. The molecule has 0 saturated carbocycles. The van der Waals surface area contributed by atoms with Gasteiger partial charge in [-0.05, 0) is 18.2 Å². The van der Waals surface area contributed by atoms with Crippen LogP contribution in [0, 0.1) is 11.3 Å². The zero-order chi connectivity index (χ0) is 13.9. The van der Waals surface area contributed by atoms with Gasteiger partial charge in [-0.15, -0.1) is 0 Å². The average molecular weight is 302 g/mol. The van der Waals surface area contributed by atoms with E-state index < -0.39 is 10.2 Å². The van der Waals surface area contributed by atoms with Crippen LogP contribution in [0.3, 0.4) is 0 Å². The van der Waals surface area contributed by atoms with E-state index >= 15 is 0 Å². The number of benzene rings is 1. The first-order valence-corrected chi connectivity index (χ1v) is 7.40. The van der Waals surface area contributed by atoms with Crippen LogP contribution in [-0.4, -0.2) is 39.0 Å². The van der Waals surface area contributed by atoms with Crippen LogP contribution in [0.2, 0.25) is 5.02 Å². The van der Waals surface area contributed by atoms with Gasteiger partial charge < -0.3 is 4.74 Å². The fraction of sp³-hybridized carbons (Fsp3) is 0.364. The van der Waals surface area contributed by atoms with Crippen LogP contribution in [0.4, 0.5) is 5.69 Å². The van der Waals surface area contributed by atoms with Crippen molar-refractivity contribution in [2.75, 3.05) is 31.0 Å². The second kappa shape index (κ2) is 5.75. The molecule has 1 heterocycles. The maximum absolute atomic E-state index is 12.1. The molecule has 0 spiro atoms. The van der Waals surface area contributed by atoms with Gasteiger partial charge in [0.1, 0.15) is 6.07 Å². The van der Waals surface area contributed by atoms with E-state index in [1.54, 1.807) is 0 Å². The second-order valence-electron chi connectivity index (χ2n) is 3.92. The predicted molar refractivity (Wildman–Crippen MR) is 71.1 cm³/mol. The van der Waals surface area contributed by atoms with Crippen molar-refractivity contribution in [3.05, 3.63) is 28.8 Å². The number of morpholine rings is 1. The third kappa shape index (κ3) is 3.36. The molecule has 6 nitrogen and oxygen atoms in total. The number of ether oxygens (including phenoxy) is 1. The van der Waals surface area contributed by atoms with E-state index in [4.69, 9.17) is 21.6 Å². The topological polar surface area (TPSA) is 82.4 Å². The van der Waals surface area contributed by atoms with Crippen LogP contribution in [0.5, 0.6) is 0 Å². The molecule has 0 unspecified atom stereocenters. The summed E-state index contributed by atoms with van der Waals surface area (Å²) in [5, 5.41) is 9.31. The maximum Gasteiger partial charge on any atom is 0.301 e. The molecule has 0 atom stereocenters. The van der Waals surface area contributed by atoms with E-state index in [2.05, 4.69) is 4.72 Å². The van der Waals surface area contributed by atoms with Gasteiger partial charge in [0.25, 0.3) is 0 Å². The number of anilines is 1. The monoisotopic (exact) mass is 301 g/mol. The summed E-state index contributed by atoms with van der Waals surface area (Å²) in [7, 11) is -3.69. The van der Waals surface area contributed by atoms with Crippen LogP contribution < -0.4 is 4.72 Å². The first-order valence-electron chi connectivity index (χ1n) is 5.58. The summed E-state index contributed by atoms with van der Waals surface area (Å²) >= 11 is 5.81. The first kappa shape index (κ1) is 14.1. The lowest BCUT2D eigenvalue weighted by atomic mass is 10.2. The number of hydrogen-bond donors (Lipinski definition) is 1. The predicted octanol–water partition coefficient (Wildman–Crippen LogP) is 1.20. The van der Waals surface area contributed by atoms with Crippen molar-refractivity contribution in [1.82, 2.24) is 4.31 Å². The van der Waals surface area contributed by atoms with Crippen molar-refractivity contribution in [2.45, 2.75) is 0 Å². The Morgan fingerprint density at radius 1 is 1.37 bits per heavy atom. The zero-order valence-corrected chi connectivity index (χ0v) is 11.5. The molecular formula is C11H12ClN3O3S. The Morgan fingerprint density at radius 3 is 2.68 bits per heavy atom. The van der Waals surface area contributed by atoms with Crippen molar-refractivity contribution in [2.24, 2.45) is 0 Å². The number of nitrogens with zero attached hydrogens (tertiary/aromatic N) is 2. The fourth-order valence-electron chi connectivity index (χ4n) is 1.69. The Hall–Kier alpha value is -1.33. The highest BCUT2D eigenvalue weighted by Crippen LogP contribution is 2.22. The Labute approximate surface area is 116 Å². The van der Waals surface area contributed by atoms with Crippen LogP contribution in [0.25, 0.3) is 0 Å². The van der Waals surface area contributed by atoms with Gasteiger partial charge >= 0.3 is 10.2 Å². The van der Waals surface area contributed by atoms with Gasteiger partial charge in [-0.1, -0.05) is 11.6 Å². The van der Waals surface area contributed by atoms with Crippen molar-refractivity contribution in [1.29, 1.82) is 5.26 Å². The van der Waals surface area contributed by atoms with Crippen LogP contribution >= 0.6 is 11.6 Å². The SMILES string of the molecule is N#Cc1ccc(Cl)cc1NS(=O)(=O)N1CCOCC1. The molecule has 1 aromatic rings. The molecule has 0 radical (unpaired) electrons. The lowest BCUT2D eigenvalue weighted by molar-refractivity contribution is 0.0733. The highest BCUT2D eigenvalue weighted by atomic mass is 35.5. The molecule has 1 N–H and O–H groups in total. The van der Waals surface area contributed by atoms with Gasteiger partial charge in [0, 0.05) is 18.1 Å². The molecule has 1 saturated heterocycles. The largest absolute Gasteiger partial charge is 0.379 e. The van der Waals surface area contributed by atoms with Gasteiger partial charge in [-0.2, -0.15) is 18.0 Å². The smallest absolute Gasteiger partial charge is 0.301 e. The molecule has 2 rings (SSSR count). The standard InChI is InChI=1S/C11H12ClN3O3S/c12-10-2-1-9(8-13)11(7-10)14-19(16,17)15-3-5-18-6-4-15/h1-2,7,14H,3-6H2. The summed E-state index contributed by atoms with van der Waals surface area (Å²) in [5.41, 5.74) is 0.405. The highest BCUT2D eigenvalue weighted by molar-refractivity contribution is 7.90. The summed E-state index contributed by atoms with van der Waals surface area (Å²) in [5.74, 6) is 0. The minimum absolute atomic E-state index is 0.182. The Morgan fingerprint density at radius 2 is 2.05 bits per heavy atom. The second-order valence-corrected chi connectivity index (χ2v) is 6.03. The summed E-state index contributed by atoms with van der Waals surface area (Å²) in [4.78, 5) is 0. The van der Waals surface area contributed by atoms with Gasteiger partial charge in [0.15, 0.2) is 0 Å². The Bertz CT molecular complexity index is 606. The molecule has 8 heteroatoms. The van der Waals surface area contributed by atoms with E-state index in [0.717, 1.165) is 0 Å². The fourth-order valence-corrected chi connectivity index (χ4v) is 3.07. The lowest BCUT2D eigenvalue weighted by Gasteiger charge is -2.26. The van der Waals surface area contributed by atoms with Gasteiger partial charge in [0.2, 0.25) is 0 Å². The van der Waals surface area contributed by atoms with Crippen LogP contribution in [-0.2, 0) is 14.9 Å². The summed E-state index contributed by atoms with van der Waals surface area (Å²) in [6.07, 6.45) is 0. The van der Waals surface area contributed by atoms with E-state index in [9.17, 15) is 8.42 Å². The molecule has 19 heavy (non-hydrogen) atoms. The van der Waals surface area contributed by atoms with Crippen molar-refractivity contribution in [3.63, 3.8) is 0 Å². The van der Waals surface area contributed by atoms with Crippen molar-refractivity contribution in [3.8, 4) is 6.07 Å². The van der Waals surface area contributed by atoms with Crippen LogP contribution in [0.1, 0.15) is 5.56 Å². The molecule has 0 aromatic heterocycles. The highest BCUT2D eigenvalue weighted by Gasteiger charge is 2.25. The summed E-state index contributed by atoms with van der Waals surface area (Å²) < 4.78 is 33.0. The third-order valence-electron chi connectivity index (χ3n) is 2.65. The third-order valence-corrected chi connectivity index (χ3v) is 4.41. The molecule has 1 fully saturated rings. The number of rotatable bonds is 3. The maximum atomic E-state index is 12.1. The van der Waals surface area contributed by atoms with E-state index in [1.807, 2.05) is 6.07 Å². The van der Waals surface area contributed by atoms with Crippen LogP contribution in [0.15, 0.2) is 18.2 Å². The summed E-state index contributed by atoms with van der Waals surface area (Å²) in [6.45, 7) is 1.30. The Kier molecular flexibility index (Phi) is 4.27. The quantitative estimate of drug-likeness (QED) is 0.909. The number of nitrogens with one attached hydrogen (secondary N) is 1. The normalized spacial score (nSPS) is 16.8. The van der Waals surface area contributed by atoms with Crippen molar-refractivity contribution < 1.29 is 13.2 Å². The molecule has 1 aromatic carbocycles. The van der Waals surface area contributed by atoms with Gasteiger partial charge in [0.05, 0.1) is 24.5 Å². The molecule has 0 amide bonds. The molecular weight excluding hydrogens is 290 g/mol. The molecule has 1 aliphatic rings. The van der Waals surface area contributed by atoms with E-state index in [-0.39, 0.29) is 24.3 Å². The Balaban J connectivity index is 2.25. The van der Waals surface area contributed by atoms with E-state index in [0.29, 0.717) is 18.2 Å². The minimum atomic E-state index is -3.69. The lowest BCUT2D eigenvalue weighted by Crippen LogP contribution is -2.43. The molecule has 0 bridgehead atoms. The zero-order valence-electron chi connectivity index (χ0n) is 9.97. The minimum Gasteiger partial charge on any atom is -0.379 e. The number of nitriles is 1. The molecule has 0 aliphatic carbocycles. The molecule has 1 aliphatic heterocycles. The number of halogens is 1. The molecule has 102 valence electrons. The first-order chi connectivity index (χ1) is 9.03.